The molecule has 0 atom stereocenters. The second-order valence-electron chi connectivity index (χ2n) is 6.15. The van der Waals surface area contributed by atoms with Crippen LogP contribution in [0.5, 0.6) is 11.5 Å². The van der Waals surface area contributed by atoms with Crippen LogP contribution in [0.2, 0.25) is 0 Å². The molecule has 12 heteroatoms. The third-order valence-electron chi connectivity index (χ3n) is 3.87. The second kappa shape index (κ2) is 9.93. The molecule has 9 nitrogen and oxygen atoms in total. The first-order chi connectivity index (χ1) is 13.5. The van der Waals surface area contributed by atoms with E-state index >= 15 is 0 Å². The van der Waals surface area contributed by atoms with E-state index in [1.54, 1.807) is 30.3 Å². The molecule has 3 aromatic rings. The maximum atomic E-state index is 12.0. The van der Waals surface area contributed by atoms with Crippen molar-refractivity contribution in [3.05, 3.63) is 66.1 Å². The third-order valence-corrected chi connectivity index (χ3v) is 5.68. The van der Waals surface area contributed by atoms with Gasteiger partial charge >= 0.3 is 51.4 Å². The first-order valence-electron chi connectivity index (χ1n) is 8.21. The second-order valence-corrected chi connectivity index (χ2v) is 9.02. The first kappa shape index (κ1) is 25.0. The Hall–Kier alpha value is -1.22. The number of furan rings is 1. The van der Waals surface area contributed by atoms with Gasteiger partial charge < -0.3 is 19.0 Å². The molecule has 0 amide bonds. The fourth-order valence-corrected chi connectivity index (χ4v) is 3.99. The summed E-state index contributed by atoms with van der Waals surface area (Å²) in [6, 6.07) is 11.8. The largest absolute Gasteiger partial charge is 1.00 e. The molecule has 0 radical (unpaired) electrons. The van der Waals surface area contributed by atoms with Crippen LogP contribution in [0.15, 0.2) is 69.0 Å². The van der Waals surface area contributed by atoms with Crippen LogP contribution < -0.4 is 66.6 Å². The zero-order valence-electron chi connectivity index (χ0n) is 16.2. The van der Waals surface area contributed by atoms with E-state index in [4.69, 9.17) is 14.3 Å². The molecular weight excluding hydrogens is 459 g/mol. The Kier molecular flexibility index (Phi) is 8.29. The van der Waals surface area contributed by atoms with Gasteiger partial charge in [-0.1, -0.05) is 12.1 Å². The maximum Gasteiger partial charge on any atom is 1.00 e. The average Bonchev–Trinajstić information content (AvgIpc) is 3.11. The van der Waals surface area contributed by atoms with Crippen LogP contribution in [0.3, 0.4) is 0 Å². The van der Waals surface area contributed by atoms with Gasteiger partial charge in [0.05, 0.1) is 23.4 Å². The summed E-state index contributed by atoms with van der Waals surface area (Å²) in [5, 5.41) is 7.96. The first-order valence-corrected chi connectivity index (χ1v) is 11.2. The standard InChI is InChI=1S/C18H18N2O7S2.K/c1-12-4-2-5-13(8-12)27-16-9-15(20-11-14-6-3-7-26-14)17(29(23,24)25)10-18(16)28(19,21)22;/h2-10,20H,11H2,1H3,(H2,19,21,22)(H,23,24,25);/q;+1/p-1. The Morgan fingerprint density at radius 3 is 2.37 bits per heavy atom. The SMILES string of the molecule is Cc1cccc(Oc2cc(NCc3ccco3)c(S(=O)(=O)[O-])cc2S(N)(=O)=O)c1.[K+]. The summed E-state index contributed by atoms with van der Waals surface area (Å²) >= 11 is 0. The van der Waals surface area contributed by atoms with E-state index in [-0.39, 0.29) is 69.4 Å². The topological polar surface area (TPSA) is 152 Å². The predicted molar refractivity (Wildman–Crippen MR) is 103 cm³/mol. The molecule has 154 valence electrons. The minimum absolute atomic E-state index is 0. The number of nitrogens with one attached hydrogen (secondary N) is 1. The molecule has 0 fully saturated rings. The monoisotopic (exact) mass is 476 g/mol. The van der Waals surface area contributed by atoms with E-state index in [1.165, 1.54) is 6.26 Å². The zero-order valence-corrected chi connectivity index (χ0v) is 20.9. The summed E-state index contributed by atoms with van der Waals surface area (Å²) in [4.78, 5) is -1.40. The van der Waals surface area contributed by atoms with Crippen LogP contribution in [-0.2, 0) is 26.7 Å². The maximum absolute atomic E-state index is 12.0. The molecule has 3 rings (SSSR count). The molecule has 0 bridgehead atoms. The van der Waals surface area contributed by atoms with Gasteiger partial charge in [-0.15, -0.1) is 0 Å². The van der Waals surface area contributed by atoms with Gasteiger partial charge in [-0.25, -0.2) is 22.0 Å². The fraction of sp³-hybridized carbons (Fsp3) is 0.111. The Bertz CT molecular complexity index is 1240. The molecule has 0 saturated carbocycles. The molecule has 0 spiro atoms. The van der Waals surface area contributed by atoms with Crippen LogP contribution >= 0.6 is 0 Å². The Morgan fingerprint density at radius 1 is 1.07 bits per heavy atom. The predicted octanol–water partition coefficient (Wildman–Crippen LogP) is -0.452. The molecule has 0 aliphatic rings. The van der Waals surface area contributed by atoms with Crippen LogP contribution in [0.25, 0.3) is 0 Å². The van der Waals surface area contributed by atoms with Gasteiger partial charge in [0.1, 0.15) is 32.3 Å². The smallest absolute Gasteiger partial charge is 0.744 e. The Balaban J connectivity index is 0.00000320. The van der Waals surface area contributed by atoms with Crippen molar-refractivity contribution in [1.82, 2.24) is 0 Å². The molecule has 0 saturated heterocycles. The zero-order chi connectivity index (χ0) is 21.2. The van der Waals surface area contributed by atoms with Crippen LogP contribution in [0, 0.1) is 6.92 Å². The van der Waals surface area contributed by atoms with Crippen molar-refractivity contribution >= 4 is 25.8 Å². The van der Waals surface area contributed by atoms with Crippen LogP contribution in [0.1, 0.15) is 11.3 Å². The fourth-order valence-electron chi connectivity index (χ4n) is 2.59. The van der Waals surface area contributed by atoms with Crippen molar-refractivity contribution in [3.63, 3.8) is 0 Å². The van der Waals surface area contributed by atoms with Crippen molar-refractivity contribution in [1.29, 1.82) is 0 Å². The van der Waals surface area contributed by atoms with Gasteiger partial charge in [0.2, 0.25) is 10.0 Å². The molecule has 0 unspecified atom stereocenters. The van der Waals surface area contributed by atoms with E-state index in [1.807, 2.05) is 13.0 Å². The minimum atomic E-state index is -5.02. The van der Waals surface area contributed by atoms with Crippen molar-refractivity contribution in [3.8, 4) is 11.5 Å². The molecule has 30 heavy (non-hydrogen) atoms. The van der Waals surface area contributed by atoms with Gasteiger partial charge in [0.15, 0.2) is 0 Å². The van der Waals surface area contributed by atoms with Crippen molar-refractivity contribution in [2.24, 2.45) is 5.14 Å². The summed E-state index contributed by atoms with van der Waals surface area (Å²) in [5.41, 5.74) is 0.709. The molecule has 1 heterocycles. The van der Waals surface area contributed by atoms with E-state index in [2.05, 4.69) is 5.32 Å². The molecule has 2 aromatic carbocycles. The number of hydrogen-bond acceptors (Lipinski definition) is 8. The van der Waals surface area contributed by atoms with Gasteiger partial charge in [0.25, 0.3) is 0 Å². The molecule has 1 aromatic heterocycles. The summed E-state index contributed by atoms with van der Waals surface area (Å²) < 4.78 is 70.0. The van der Waals surface area contributed by atoms with Crippen molar-refractivity contribution < 1.29 is 81.9 Å². The van der Waals surface area contributed by atoms with Gasteiger partial charge in [-0.3, -0.25) is 0 Å². The van der Waals surface area contributed by atoms with Crippen LogP contribution in [-0.4, -0.2) is 21.4 Å². The normalized spacial score (nSPS) is 11.6. The van der Waals surface area contributed by atoms with E-state index in [0.717, 1.165) is 11.6 Å². The number of sulfonamides is 1. The minimum Gasteiger partial charge on any atom is -0.744 e. The number of aryl methyl sites for hydroxylation is 1. The molecule has 0 aliphatic carbocycles. The van der Waals surface area contributed by atoms with E-state index < -0.39 is 29.9 Å². The van der Waals surface area contributed by atoms with Crippen molar-refractivity contribution in [2.75, 3.05) is 5.32 Å². The summed E-state index contributed by atoms with van der Waals surface area (Å²) in [7, 11) is -9.42. The Labute approximate surface area is 216 Å². The summed E-state index contributed by atoms with van der Waals surface area (Å²) in [6.07, 6.45) is 1.43. The number of hydrogen-bond donors (Lipinski definition) is 2. The number of rotatable bonds is 7. The number of primary sulfonamides is 1. The number of benzene rings is 2. The molecular formula is C18H17KN2O7S2. The van der Waals surface area contributed by atoms with Gasteiger partial charge in [0, 0.05) is 6.07 Å². The number of ether oxygens (including phenoxy) is 1. The van der Waals surface area contributed by atoms with E-state index in [0.29, 0.717) is 17.6 Å². The summed E-state index contributed by atoms with van der Waals surface area (Å²) in [6.45, 7) is 1.87. The number of anilines is 1. The number of nitrogens with two attached hydrogens (primary N) is 1. The molecule has 0 aliphatic heterocycles. The Morgan fingerprint density at radius 2 is 1.80 bits per heavy atom. The quantitative estimate of drug-likeness (QED) is 0.344. The van der Waals surface area contributed by atoms with Crippen molar-refractivity contribution in [2.45, 2.75) is 23.3 Å². The third kappa shape index (κ3) is 6.39. The van der Waals surface area contributed by atoms with Crippen LogP contribution in [0.4, 0.5) is 5.69 Å². The van der Waals surface area contributed by atoms with Gasteiger partial charge in [-0.2, -0.15) is 0 Å². The molecule has 3 N–H and O–H groups in total. The van der Waals surface area contributed by atoms with E-state index in [9.17, 15) is 21.4 Å². The summed E-state index contributed by atoms with van der Waals surface area (Å²) in [5.74, 6) is 0.549. The van der Waals surface area contributed by atoms with Gasteiger partial charge in [-0.05, 0) is 42.8 Å². The average molecular weight is 477 g/mol.